The molecule has 2 aliphatic rings. The number of aliphatic hydroxyl groups is 1. The Kier molecular flexibility index (Phi) is 3.71. The van der Waals surface area contributed by atoms with Gasteiger partial charge in [0.05, 0.1) is 10.7 Å². The summed E-state index contributed by atoms with van der Waals surface area (Å²) in [6.07, 6.45) is 11.5. The Morgan fingerprint density at radius 1 is 1.22 bits per heavy atom. The molecule has 1 aromatic rings. The van der Waals surface area contributed by atoms with Crippen LogP contribution in [0.25, 0.3) is 0 Å². The lowest BCUT2D eigenvalue weighted by Gasteiger charge is -2.39. The Bertz CT molecular complexity index is 385. The topological polar surface area (TPSA) is 33.1 Å². The molecule has 1 heterocycles. The molecule has 2 fully saturated rings. The molecular weight excluding hydrogens is 242 g/mol. The minimum Gasteiger partial charge on any atom is -0.396 e. The number of nitrogens with zero attached hydrogens (tertiary/aromatic N) is 1. The van der Waals surface area contributed by atoms with Crippen molar-refractivity contribution in [1.29, 1.82) is 0 Å². The number of rotatable bonds is 4. The zero-order valence-electron chi connectivity index (χ0n) is 11.0. The van der Waals surface area contributed by atoms with E-state index in [9.17, 15) is 5.11 Å². The largest absolute Gasteiger partial charge is 0.396 e. The van der Waals surface area contributed by atoms with Gasteiger partial charge in [0.2, 0.25) is 0 Å². The number of thiazole rings is 1. The number of hydrogen-bond donors (Lipinski definition) is 1. The fourth-order valence-electron chi connectivity index (χ4n) is 3.38. The lowest BCUT2D eigenvalue weighted by atomic mass is 9.67. The van der Waals surface area contributed by atoms with Gasteiger partial charge in [0.15, 0.2) is 0 Å². The second kappa shape index (κ2) is 5.30. The molecule has 100 valence electrons. The van der Waals surface area contributed by atoms with Crippen molar-refractivity contribution in [2.24, 2.45) is 5.41 Å². The monoisotopic (exact) mass is 265 g/mol. The third-order valence-electron chi connectivity index (χ3n) is 4.87. The lowest BCUT2D eigenvalue weighted by molar-refractivity contribution is 0.0449. The van der Waals surface area contributed by atoms with Crippen LogP contribution in [0, 0.1) is 5.41 Å². The van der Waals surface area contributed by atoms with Crippen LogP contribution in [0.1, 0.15) is 68.0 Å². The van der Waals surface area contributed by atoms with Crippen LogP contribution in [-0.2, 0) is 6.42 Å². The maximum Gasteiger partial charge on any atom is 0.0934 e. The van der Waals surface area contributed by atoms with Crippen molar-refractivity contribution in [3.05, 3.63) is 16.1 Å². The first-order chi connectivity index (χ1) is 8.81. The maximum absolute atomic E-state index is 9.53. The van der Waals surface area contributed by atoms with Crippen molar-refractivity contribution in [3.8, 4) is 0 Å². The molecule has 0 unspecified atom stereocenters. The first kappa shape index (κ1) is 12.6. The summed E-state index contributed by atoms with van der Waals surface area (Å²) in [5.41, 5.74) is 1.52. The second-order valence-corrected chi connectivity index (χ2v) is 7.13. The minimum absolute atomic E-state index is 0.182. The molecule has 2 aliphatic carbocycles. The van der Waals surface area contributed by atoms with Gasteiger partial charge in [-0.05, 0) is 31.1 Å². The molecule has 0 amide bonds. The van der Waals surface area contributed by atoms with E-state index < -0.39 is 0 Å². The predicted octanol–water partition coefficient (Wildman–Crippen LogP) is 3.90. The van der Waals surface area contributed by atoms with E-state index in [4.69, 9.17) is 4.98 Å². The fraction of sp³-hybridized carbons (Fsp3) is 0.800. The SMILES string of the molecule is OCC1(Cc2nc(C3CCCCC3)cs2)CCC1. The zero-order valence-corrected chi connectivity index (χ0v) is 11.8. The van der Waals surface area contributed by atoms with Gasteiger partial charge in [-0.15, -0.1) is 11.3 Å². The molecule has 1 aromatic heterocycles. The average Bonchev–Trinajstić information content (AvgIpc) is 2.83. The Morgan fingerprint density at radius 2 is 2.00 bits per heavy atom. The molecule has 3 heteroatoms. The van der Waals surface area contributed by atoms with Crippen molar-refractivity contribution in [1.82, 2.24) is 4.98 Å². The van der Waals surface area contributed by atoms with Gasteiger partial charge in [-0.25, -0.2) is 4.98 Å². The van der Waals surface area contributed by atoms with E-state index in [1.807, 2.05) is 11.3 Å². The van der Waals surface area contributed by atoms with E-state index in [2.05, 4.69) is 5.38 Å². The van der Waals surface area contributed by atoms with Crippen LogP contribution in [0.4, 0.5) is 0 Å². The Balaban J connectivity index is 1.65. The van der Waals surface area contributed by atoms with Gasteiger partial charge in [0, 0.05) is 24.3 Å². The first-order valence-electron chi connectivity index (χ1n) is 7.36. The van der Waals surface area contributed by atoms with Gasteiger partial charge in [-0.2, -0.15) is 0 Å². The Hall–Kier alpha value is -0.410. The van der Waals surface area contributed by atoms with Gasteiger partial charge in [0.1, 0.15) is 0 Å². The molecular formula is C15H23NOS. The third kappa shape index (κ3) is 2.48. The quantitative estimate of drug-likeness (QED) is 0.895. The van der Waals surface area contributed by atoms with E-state index in [1.54, 1.807) is 0 Å². The molecule has 0 spiro atoms. The standard InChI is InChI=1S/C15H23NOS/c17-11-15(7-4-8-15)9-14-16-13(10-18-14)12-5-2-1-3-6-12/h10,12,17H,1-9,11H2. The van der Waals surface area contributed by atoms with E-state index in [1.165, 1.54) is 62.1 Å². The average molecular weight is 265 g/mol. The van der Waals surface area contributed by atoms with Crippen LogP contribution in [0.3, 0.4) is 0 Å². The summed E-state index contributed by atoms with van der Waals surface area (Å²) in [6, 6.07) is 0. The normalized spacial score (nSPS) is 23.8. The maximum atomic E-state index is 9.53. The third-order valence-corrected chi connectivity index (χ3v) is 5.74. The molecule has 0 saturated heterocycles. The van der Waals surface area contributed by atoms with Crippen molar-refractivity contribution >= 4 is 11.3 Å². The molecule has 0 atom stereocenters. The molecule has 18 heavy (non-hydrogen) atoms. The van der Waals surface area contributed by atoms with Crippen molar-refractivity contribution in [2.45, 2.75) is 63.7 Å². The van der Waals surface area contributed by atoms with Gasteiger partial charge >= 0.3 is 0 Å². The smallest absolute Gasteiger partial charge is 0.0934 e. The molecule has 3 rings (SSSR count). The Labute approximate surface area is 113 Å². The predicted molar refractivity (Wildman–Crippen MR) is 75.0 cm³/mol. The molecule has 2 saturated carbocycles. The number of aromatic nitrogens is 1. The first-order valence-corrected chi connectivity index (χ1v) is 8.24. The molecule has 0 bridgehead atoms. The van der Waals surface area contributed by atoms with Gasteiger partial charge in [-0.1, -0.05) is 25.7 Å². The summed E-state index contributed by atoms with van der Waals surface area (Å²) in [4.78, 5) is 4.86. The van der Waals surface area contributed by atoms with Crippen molar-refractivity contribution in [3.63, 3.8) is 0 Å². The second-order valence-electron chi connectivity index (χ2n) is 6.19. The van der Waals surface area contributed by atoms with Crippen LogP contribution in [-0.4, -0.2) is 16.7 Å². The Morgan fingerprint density at radius 3 is 2.61 bits per heavy atom. The highest BCUT2D eigenvalue weighted by Gasteiger charge is 2.37. The van der Waals surface area contributed by atoms with Gasteiger partial charge < -0.3 is 5.11 Å². The highest BCUT2D eigenvalue weighted by molar-refractivity contribution is 7.09. The van der Waals surface area contributed by atoms with E-state index in [0.717, 1.165) is 12.3 Å². The molecule has 0 aliphatic heterocycles. The van der Waals surface area contributed by atoms with E-state index >= 15 is 0 Å². The summed E-state index contributed by atoms with van der Waals surface area (Å²) in [5.74, 6) is 0.718. The van der Waals surface area contributed by atoms with Gasteiger partial charge in [-0.3, -0.25) is 0 Å². The van der Waals surface area contributed by atoms with Crippen LogP contribution < -0.4 is 0 Å². The number of hydrogen-bond acceptors (Lipinski definition) is 3. The molecule has 0 aromatic carbocycles. The fourth-order valence-corrected chi connectivity index (χ4v) is 4.43. The summed E-state index contributed by atoms with van der Waals surface area (Å²) in [7, 11) is 0. The highest BCUT2D eigenvalue weighted by Crippen LogP contribution is 2.44. The summed E-state index contributed by atoms with van der Waals surface area (Å²) >= 11 is 1.81. The zero-order chi connectivity index (χ0) is 12.4. The summed E-state index contributed by atoms with van der Waals surface area (Å²) < 4.78 is 0. The van der Waals surface area contributed by atoms with E-state index in [-0.39, 0.29) is 5.41 Å². The summed E-state index contributed by atoms with van der Waals surface area (Å²) in [5, 5.41) is 13.1. The lowest BCUT2D eigenvalue weighted by Crippen LogP contribution is -2.35. The van der Waals surface area contributed by atoms with Gasteiger partial charge in [0.25, 0.3) is 0 Å². The van der Waals surface area contributed by atoms with Crippen LogP contribution in [0.2, 0.25) is 0 Å². The minimum atomic E-state index is 0.182. The van der Waals surface area contributed by atoms with Crippen molar-refractivity contribution in [2.75, 3.05) is 6.61 Å². The highest BCUT2D eigenvalue weighted by atomic mass is 32.1. The van der Waals surface area contributed by atoms with Crippen LogP contribution in [0.15, 0.2) is 5.38 Å². The van der Waals surface area contributed by atoms with Crippen LogP contribution in [0.5, 0.6) is 0 Å². The van der Waals surface area contributed by atoms with E-state index in [0.29, 0.717) is 6.61 Å². The molecule has 2 nitrogen and oxygen atoms in total. The van der Waals surface area contributed by atoms with Crippen molar-refractivity contribution < 1.29 is 5.11 Å². The summed E-state index contributed by atoms with van der Waals surface area (Å²) in [6.45, 7) is 0.339. The molecule has 1 N–H and O–H groups in total. The molecule has 0 radical (unpaired) electrons. The van der Waals surface area contributed by atoms with Crippen LogP contribution >= 0.6 is 11.3 Å². The number of aliphatic hydroxyl groups excluding tert-OH is 1.